The fraction of sp³-hybridized carbons (Fsp3) is 0.250. The summed E-state index contributed by atoms with van der Waals surface area (Å²) in [6.07, 6.45) is 3.27. The Hall–Kier alpha value is -0.980. The summed E-state index contributed by atoms with van der Waals surface area (Å²) in [6, 6.07) is 6.94. The van der Waals surface area contributed by atoms with Gasteiger partial charge in [0.1, 0.15) is 0 Å². The first-order valence-corrected chi connectivity index (χ1v) is 7.98. The van der Waals surface area contributed by atoms with E-state index in [-0.39, 0.29) is 0 Å². The van der Waals surface area contributed by atoms with Gasteiger partial charge in [0.15, 0.2) is 0 Å². The topological polar surface area (TPSA) is 50.3 Å². The van der Waals surface area contributed by atoms with Gasteiger partial charge in [-0.2, -0.15) is 0 Å². The summed E-state index contributed by atoms with van der Waals surface area (Å²) in [6.45, 7) is 0.434. The Morgan fingerprint density at radius 1 is 1.33 bits per heavy atom. The fourth-order valence-electron chi connectivity index (χ4n) is 1.72. The highest BCUT2D eigenvalue weighted by atomic mass is 79.9. The number of hydrogen-bond acceptors (Lipinski definition) is 3. The lowest BCUT2D eigenvalue weighted by Crippen LogP contribution is -2.28. The molecular weight excluding hydrogens is 316 g/mol. The van der Waals surface area contributed by atoms with Gasteiger partial charge in [-0.25, -0.2) is 12.7 Å². The second kappa shape index (κ2) is 5.34. The minimum Gasteiger partial charge on any atom is -0.264 e. The SMILES string of the molecule is CN(CCBr)S(=O)(=O)c1cccc2cnccc12. The lowest BCUT2D eigenvalue weighted by atomic mass is 10.2. The predicted molar refractivity (Wildman–Crippen MR) is 75.4 cm³/mol. The summed E-state index contributed by atoms with van der Waals surface area (Å²) in [5, 5.41) is 2.13. The van der Waals surface area contributed by atoms with E-state index in [0.717, 1.165) is 5.39 Å². The van der Waals surface area contributed by atoms with E-state index >= 15 is 0 Å². The van der Waals surface area contributed by atoms with Crippen LogP contribution in [0.2, 0.25) is 0 Å². The molecule has 0 N–H and O–H groups in total. The van der Waals surface area contributed by atoms with Crippen LogP contribution in [0.3, 0.4) is 0 Å². The van der Waals surface area contributed by atoms with Crippen LogP contribution in [-0.4, -0.2) is 36.6 Å². The van der Waals surface area contributed by atoms with E-state index < -0.39 is 10.0 Å². The van der Waals surface area contributed by atoms with Gasteiger partial charge in [0.25, 0.3) is 0 Å². The number of benzene rings is 1. The van der Waals surface area contributed by atoms with Crippen molar-refractivity contribution in [3.05, 3.63) is 36.7 Å². The highest BCUT2D eigenvalue weighted by Crippen LogP contribution is 2.24. The van der Waals surface area contributed by atoms with Crippen LogP contribution < -0.4 is 0 Å². The number of sulfonamides is 1. The molecule has 0 amide bonds. The Morgan fingerprint density at radius 3 is 2.83 bits per heavy atom. The van der Waals surface area contributed by atoms with Gasteiger partial charge >= 0.3 is 0 Å². The first-order valence-electron chi connectivity index (χ1n) is 5.42. The minimum atomic E-state index is -3.45. The minimum absolute atomic E-state index is 0.325. The third-order valence-electron chi connectivity index (χ3n) is 2.73. The van der Waals surface area contributed by atoms with Gasteiger partial charge in [-0.15, -0.1) is 0 Å². The normalized spacial score (nSPS) is 12.2. The van der Waals surface area contributed by atoms with E-state index in [0.29, 0.717) is 22.2 Å². The number of rotatable bonds is 4. The molecule has 0 spiro atoms. The van der Waals surface area contributed by atoms with Crippen LogP contribution in [-0.2, 0) is 10.0 Å². The maximum atomic E-state index is 12.4. The van der Waals surface area contributed by atoms with E-state index in [1.807, 2.05) is 6.07 Å². The standard InChI is InChI=1S/C12H13BrN2O2S/c1-15(8-6-13)18(16,17)12-4-2-3-10-9-14-7-5-11(10)12/h2-5,7,9H,6,8H2,1H3. The van der Waals surface area contributed by atoms with E-state index in [4.69, 9.17) is 0 Å². The number of pyridine rings is 1. The van der Waals surface area contributed by atoms with Crippen molar-refractivity contribution >= 4 is 36.7 Å². The zero-order valence-corrected chi connectivity index (χ0v) is 12.3. The monoisotopic (exact) mass is 328 g/mol. The first kappa shape index (κ1) is 13.5. The molecule has 0 fully saturated rings. The molecule has 2 aromatic rings. The van der Waals surface area contributed by atoms with Gasteiger partial charge in [-0.05, 0) is 12.1 Å². The third-order valence-corrected chi connectivity index (χ3v) is 5.00. The second-order valence-corrected chi connectivity index (χ2v) is 6.67. The predicted octanol–water partition coefficient (Wildman–Crippen LogP) is 2.25. The van der Waals surface area contributed by atoms with Gasteiger partial charge in [0, 0.05) is 42.1 Å². The van der Waals surface area contributed by atoms with Crippen molar-refractivity contribution in [3.8, 4) is 0 Å². The molecule has 0 radical (unpaired) electrons. The van der Waals surface area contributed by atoms with Crippen molar-refractivity contribution in [2.45, 2.75) is 4.90 Å². The number of aromatic nitrogens is 1. The van der Waals surface area contributed by atoms with Crippen molar-refractivity contribution < 1.29 is 8.42 Å². The summed E-state index contributed by atoms with van der Waals surface area (Å²) >= 11 is 3.25. The second-order valence-electron chi connectivity index (χ2n) is 3.87. The van der Waals surface area contributed by atoms with Gasteiger partial charge in [-0.1, -0.05) is 28.1 Å². The lowest BCUT2D eigenvalue weighted by Gasteiger charge is -2.17. The van der Waals surface area contributed by atoms with Gasteiger partial charge in [0.2, 0.25) is 10.0 Å². The largest absolute Gasteiger partial charge is 0.264 e. The summed E-state index contributed by atoms with van der Waals surface area (Å²) in [7, 11) is -1.87. The van der Waals surface area contributed by atoms with E-state index in [9.17, 15) is 8.42 Å². The molecule has 4 nitrogen and oxygen atoms in total. The maximum absolute atomic E-state index is 12.4. The summed E-state index contributed by atoms with van der Waals surface area (Å²) in [4.78, 5) is 4.33. The maximum Gasteiger partial charge on any atom is 0.243 e. The average molecular weight is 329 g/mol. The molecule has 1 heterocycles. The van der Waals surface area contributed by atoms with Crippen LogP contribution in [0.15, 0.2) is 41.6 Å². The Bertz CT molecular complexity index is 653. The number of alkyl halides is 1. The first-order chi connectivity index (χ1) is 8.57. The molecule has 18 heavy (non-hydrogen) atoms. The number of nitrogens with zero attached hydrogens (tertiary/aromatic N) is 2. The molecule has 0 unspecified atom stereocenters. The van der Waals surface area contributed by atoms with Crippen molar-refractivity contribution in [1.82, 2.24) is 9.29 Å². The Morgan fingerprint density at radius 2 is 2.11 bits per heavy atom. The van der Waals surface area contributed by atoms with Gasteiger partial charge < -0.3 is 0 Å². The molecule has 1 aromatic carbocycles. The van der Waals surface area contributed by atoms with Crippen molar-refractivity contribution in [2.75, 3.05) is 18.9 Å². The highest BCUT2D eigenvalue weighted by molar-refractivity contribution is 9.09. The van der Waals surface area contributed by atoms with Crippen molar-refractivity contribution in [1.29, 1.82) is 0 Å². The molecule has 1 aromatic heterocycles. The Balaban J connectivity index is 2.61. The van der Waals surface area contributed by atoms with E-state index in [1.54, 1.807) is 37.6 Å². The smallest absolute Gasteiger partial charge is 0.243 e. The molecule has 0 aliphatic rings. The van der Waals surface area contributed by atoms with Crippen LogP contribution in [0, 0.1) is 0 Å². The summed E-state index contributed by atoms with van der Waals surface area (Å²) in [5.41, 5.74) is 0. The van der Waals surface area contributed by atoms with Crippen LogP contribution in [0.1, 0.15) is 0 Å². The lowest BCUT2D eigenvalue weighted by molar-refractivity contribution is 0.490. The number of halogens is 1. The van der Waals surface area contributed by atoms with E-state index in [2.05, 4.69) is 20.9 Å². The van der Waals surface area contributed by atoms with Crippen LogP contribution in [0.25, 0.3) is 10.8 Å². The van der Waals surface area contributed by atoms with Crippen molar-refractivity contribution in [2.24, 2.45) is 0 Å². The van der Waals surface area contributed by atoms with Gasteiger partial charge in [0.05, 0.1) is 4.90 Å². The molecule has 0 saturated carbocycles. The molecule has 6 heteroatoms. The molecule has 2 rings (SSSR count). The number of hydrogen-bond donors (Lipinski definition) is 0. The van der Waals surface area contributed by atoms with Crippen LogP contribution in [0.4, 0.5) is 0 Å². The fourth-order valence-corrected chi connectivity index (χ4v) is 3.87. The molecule has 0 bridgehead atoms. The highest BCUT2D eigenvalue weighted by Gasteiger charge is 2.22. The molecule has 0 aliphatic heterocycles. The molecule has 96 valence electrons. The Labute approximate surface area is 115 Å². The zero-order chi connectivity index (χ0) is 13.2. The third kappa shape index (κ3) is 2.41. The molecule has 0 atom stereocenters. The van der Waals surface area contributed by atoms with Crippen LogP contribution >= 0.6 is 15.9 Å². The zero-order valence-electron chi connectivity index (χ0n) is 9.88. The van der Waals surface area contributed by atoms with Crippen molar-refractivity contribution in [3.63, 3.8) is 0 Å². The average Bonchev–Trinajstić information content (AvgIpc) is 2.38. The van der Waals surface area contributed by atoms with Gasteiger partial charge in [-0.3, -0.25) is 4.98 Å². The Kier molecular flexibility index (Phi) is 3.99. The summed E-state index contributed by atoms with van der Waals surface area (Å²) < 4.78 is 26.2. The summed E-state index contributed by atoms with van der Waals surface area (Å²) in [5.74, 6) is 0. The molecule has 0 aliphatic carbocycles. The quantitative estimate of drug-likeness (QED) is 0.809. The molecule has 0 saturated heterocycles. The van der Waals surface area contributed by atoms with Crippen LogP contribution in [0.5, 0.6) is 0 Å². The van der Waals surface area contributed by atoms with E-state index in [1.165, 1.54) is 4.31 Å². The molecular formula is C12H13BrN2O2S. The number of fused-ring (bicyclic) bond motifs is 1.